The molecule has 7 heteroatoms. The summed E-state index contributed by atoms with van der Waals surface area (Å²) in [7, 11) is 1.31. The SMILES string of the molecule is COc1ccc(C(NC(=O)CCOC(C)CC(C)C)C(=O)O)cc1F. The van der Waals surface area contributed by atoms with Gasteiger partial charge in [-0.15, -0.1) is 0 Å². The van der Waals surface area contributed by atoms with Crippen molar-refractivity contribution in [2.24, 2.45) is 5.92 Å². The number of ether oxygens (including phenoxy) is 2. The van der Waals surface area contributed by atoms with Gasteiger partial charge in [0, 0.05) is 0 Å². The zero-order valence-electron chi connectivity index (χ0n) is 15.0. The van der Waals surface area contributed by atoms with Crippen LogP contribution in [0.4, 0.5) is 4.39 Å². The lowest BCUT2D eigenvalue weighted by Crippen LogP contribution is -2.34. The van der Waals surface area contributed by atoms with Crippen LogP contribution in [0, 0.1) is 11.7 Å². The molecule has 0 aromatic heterocycles. The Hall–Kier alpha value is -2.15. The van der Waals surface area contributed by atoms with E-state index in [2.05, 4.69) is 19.2 Å². The molecule has 0 bridgehead atoms. The molecule has 1 rings (SSSR count). The largest absolute Gasteiger partial charge is 0.494 e. The van der Waals surface area contributed by atoms with Crippen LogP contribution in [0.25, 0.3) is 0 Å². The lowest BCUT2D eigenvalue weighted by atomic mass is 10.1. The molecule has 2 unspecified atom stereocenters. The Labute approximate surface area is 147 Å². The van der Waals surface area contributed by atoms with Crippen LogP contribution in [0.1, 0.15) is 45.2 Å². The molecule has 0 radical (unpaired) electrons. The first-order valence-corrected chi connectivity index (χ1v) is 8.21. The number of benzene rings is 1. The zero-order chi connectivity index (χ0) is 19.0. The van der Waals surface area contributed by atoms with Gasteiger partial charge in [-0.1, -0.05) is 19.9 Å². The van der Waals surface area contributed by atoms with E-state index in [1.165, 1.54) is 19.2 Å². The summed E-state index contributed by atoms with van der Waals surface area (Å²) in [6.07, 6.45) is 0.939. The smallest absolute Gasteiger partial charge is 0.330 e. The molecule has 140 valence electrons. The molecule has 0 aliphatic rings. The molecule has 2 N–H and O–H groups in total. The van der Waals surface area contributed by atoms with Crippen LogP contribution >= 0.6 is 0 Å². The van der Waals surface area contributed by atoms with E-state index in [1.807, 2.05) is 6.92 Å². The fourth-order valence-corrected chi connectivity index (χ4v) is 2.47. The van der Waals surface area contributed by atoms with Crippen molar-refractivity contribution in [1.82, 2.24) is 5.32 Å². The predicted octanol–water partition coefficient (Wildman–Crippen LogP) is 2.92. The van der Waals surface area contributed by atoms with E-state index in [0.29, 0.717) is 5.92 Å². The number of carbonyl (C=O) groups is 2. The molecular formula is C18H26FNO5. The van der Waals surface area contributed by atoms with Crippen LogP contribution in [0.3, 0.4) is 0 Å². The quantitative estimate of drug-likeness (QED) is 0.674. The number of carboxylic acid groups (broad SMARTS) is 1. The van der Waals surface area contributed by atoms with E-state index in [9.17, 15) is 19.1 Å². The third-order valence-electron chi connectivity index (χ3n) is 3.60. The molecule has 0 heterocycles. The average molecular weight is 355 g/mol. The third-order valence-corrected chi connectivity index (χ3v) is 3.60. The number of hydrogen-bond acceptors (Lipinski definition) is 4. The number of nitrogens with one attached hydrogen (secondary N) is 1. The first kappa shape index (κ1) is 20.9. The average Bonchev–Trinajstić information content (AvgIpc) is 2.51. The molecule has 6 nitrogen and oxygen atoms in total. The normalized spacial score (nSPS) is 13.4. The number of aliphatic carboxylic acids is 1. The van der Waals surface area contributed by atoms with Crippen molar-refractivity contribution in [3.8, 4) is 5.75 Å². The maximum atomic E-state index is 13.8. The zero-order valence-corrected chi connectivity index (χ0v) is 15.0. The standard InChI is InChI=1S/C18H26FNO5/c1-11(2)9-12(3)25-8-7-16(21)20-17(18(22)23)13-5-6-15(24-4)14(19)10-13/h5-6,10-12,17H,7-9H2,1-4H3,(H,20,21)(H,22,23). The first-order valence-electron chi connectivity index (χ1n) is 8.21. The lowest BCUT2D eigenvalue weighted by Gasteiger charge is -2.17. The molecule has 0 aliphatic carbocycles. The van der Waals surface area contributed by atoms with Gasteiger partial charge >= 0.3 is 5.97 Å². The number of amides is 1. The summed E-state index contributed by atoms with van der Waals surface area (Å²) in [5, 5.41) is 11.7. The van der Waals surface area contributed by atoms with Crippen LogP contribution in [0.2, 0.25) is 0 Å². The molecule has 25 heavy (non-hydrogen) atoms. The molecule has 0 saturated heterocycles. The van der Waals surface area contributed by atoms with Crippen molar-refractivity contribution in [2.75, 3.05) is 13.7 Å². The first-order chi connectivity index (χ1) is 11.7. The number of carboxylic acids is 1. The highest BCUT2D eigenvalue weighted by Gasteiger charge is 2.23. The van der Waals surface area contributed by atoms with Gasteiger partial charge in [0.25, 0.3) is 0 Å². The fraction of sp³-hybridized carbons (Fsp3) is 0.556. The molecule has 1 amide bonds. The lowest BCUT2D eigenvalue weighted by molar-refractivity contribution is -0.142. The Kier molecular flexibility index (Phi) is 8.34. The van der Waals surface area contributed by atoms with Gasteiger partial charge < -0.3 is 19.9 Å². The topological polar surface area (TPSA) is 84.9 Å². The van der Waals surface area contributed by atoms with Crippen LogP contribution in [0.5, 0.6) is 5.75 Å². The van der Waals surface area contributed by atoms with Crippen molar-refractivity contribution in [3.63, 3.8) is 0 Å². The molecule has 1 aromatic rings. The summed E-state index contributed by atoms with van der Waals surface area (Å²) < 4.78 is 24.1. The maximum Gasteiger partial charge on any atom is 0.330 e. The van der Waals surface area contributed by atoms with Gasteiger partial charge in [0.15, 0.2) is 17.6 Å². The van der Waals surface area contributed by atoms with Gasteiger partial charge in [-0.2, -0.15) is 0 Å². The van der Waals surface area contributed by atoms with Crippen molar-refractivity contribution in [1.29, 1.82) is 0 Å². The van der Waals surface area contributed by atoms with Gasteiger partial charge in [-0.25, -0.2) is 9.18 Å². The second-order valence-corrected chi connectivity index (χ2v) is 6.29. The molecule has 0 aliphatic heterocycles. The highest BCUT2D eigenvalue weighted by Crippen LogP contribution is 2.22. The van der Waals surface area contributed by atoms with Crippen LogP contribution < -0.4 is 10.1 Å². The summed E-state index contributed by atoms with van der Waals surface area (Å²) in [5.41, 5.74) is 0.133. The maximum absolute atomic E-state index is 13.8. The van der Waals surface area contributed by atoms with Crippen LogP contribution in [-0.2, 0) is 14.3 Å². The molecular weight excluding hydrogens is 329 g/mol. The molecule has 1 aromatic carbocycles. The Morgan fingerprint density at radius 2 is 1.96 bits per heavy atom. The number of halogens is 1. The van der Waals surface area contributed by atoms with Crippen molar-refractivity contribution in [2.45, 2.75) is 45.8 Å². The molecule has 0 saturated carbocycles. The summed E-state index contributed by atoms with van der Waals surface area (Å²) in [4.78, 5) is 23.4. The molecule has 0 fully saturated rings. The second-order valence-electron chi connectivity index (χ2n) is 6.29. The van der Waals surface area contributed by atoms with E-state index in [-0.39, 0.29) is 30.4 Å². The Balaban J connectivity index is 2.62. The fourth-order valence-electron chi connectivity index (χ4n) is 2.47. The van der Waals surface area contributed by atoms with Gasteiger partial charge in [-0.05, 0) is 37.0 Å². The number of methoxy groups -OCH3 is 1. The van der Waals surface area contributed by atoms with Gasteiger partial charge in [0.1, 0.15) is 0 Å². The second kappa shape index (κ2) is 9.98. The number of carbonyl (C=O) groups excluding carboxylic acids is 1. The van der Waals surface area contributed by atoms with E-state index in [0.717, 1.165) is 12.5 Å². The number of hydrogen-bond donors (Lipinski definition) is 2. The number of rotatable bonds is 10. The van der Waals surface area contributed by atoms with Crippen molar-refractivity contribution in [3.05, 3.63) is 29.6 Å². The van der Waals surface area contributed by atoms with E-state index in [4.69, 9.17) is 9.47 Å². The highest BCUT2D eigenvalue weighted by atomic mass is 19.1. The van der Waals surface area contributed by atoms with E-state index in [1.54, 1.807) is 0 Å². The molecule has 2 atom stereocenters. The van der Waals surface area contributed by atoms with E-state index < -0.39 is 23.7 Å². The predicted molar refractivity (Wildman–Crippen MR) is 91.0 cm³/mol. The van der Waals surface area contributed by atoms with Gasteiger partial charge in [0.05, 0.1) is 26.2 Å². The highest BCUT2D eigenvalue weighted by molar-refractivity contribution is 5.84. The Morgan fingerprint density at radius 3 is 2.48 bits per heavy atom. The minimum absolute atomic E-state index is 0.00626. The minimum atomic E-state index is -1.33. The van der Waals surface area contributed by atoms with Crippen molar-refractivity contribution >= 4 is 11.9 Å². The van der Waals surface area contributed by atoms with Crippen LogP contribution in [-0.4, -0.2) is 36.8 Å². The summed E-state index contributed by atoms with van der Waals surface area (Å²) in [6, 6.07) is 2.44. The summed E-state index contributed by atoms with van der Waals surface area (Å²) >= 11 is 0. The summed E-state index contributed by atoms with van der Waals surface area (Å²) in [6.45, 7) is 6.29. The van der Waals surface area contributed by atoms with Crippen molar-refractivity contribution < 1.29 is 28.6 Å². The molecule has 0 spiro atoms. The minimum Gasteiger partial charge on any atom is -0.494 e. The Bertz CT molecular complexity index is 591. The van der Waals surface area contributed by atoms with Gasteiger partial charge in [0.2, 0.25) is 5.91 Å². The van der Waals surface area contributed by atoms with Crippen LogP contribution in [0.15, 0.2) is 18.2 Å². The monoisotopic (exact) mass is 355 g/mol. The van der Waals surface area contributed by atoms with E-state index >= 15 is 0 Å². The summed E-state index contributed by atoms with van der Waals surface area (Å²) in [5.74, 6) is -1.93. The Morgan fingerprint density at radius 1 is 1.28 bits per heavy atom. The third kappa shape index (κ3) is 7.09. The van der Waals surface area contributed by atoms with Gasteiger partial charge in [-0.3, -0.25) is 4.79 Å².